The van der Waals surface area contributed by atoms with Gasteiger partial charge in [0.05, 0.1) is 0 Å². The summed E-state index contributed by atoms with van der Waals surface area (Å²) in [7, 11) is 0. The molecular formula is C14H17ClN2. The standard InChI is InChI=1S/C14H17ClN2/c1-14(2,9-16)11-7-13(17-8-11)10-3-5-12(15)6-4-10/h3-8,17H,9,16H2,1-2H3. The minimum absolute atomic E-state index is 0.00117. The molecule has 0 aliphatic rings. The fourth-order valence-electron chi connectivity index (χ4n) is 1.70. The number of rotatable bonds is 3. The zero-order valence-corrected chi connectivity index (χ0v) is 10.9. The second-order valence-corrected chi connectivity index (χ2v) is 5.33. The van der Waals surface area contributed by atoms with Crippen molar-refractivity contribution < 1.29 is 0 Å². The summed E-state index contributed by atoms with van der Waals surface area (Å²) < 4.78 is 0. The number of nitrogens with two attached hydrogens (primary N) is 1. The molecule has 0 fully saturated rings. The number of H-pyrrole nitrogens is 1. The van der Waals surface area contributed by atoms with E-state index in [0.29, 0.717) is 6.54 Å². The lowest BCUT2D eigenvalue weighted by Crippen LogP contribution is -2.27. The van der Waals surface area contributed by atoms with Crippen molar-refractivity contribution >= 4 is 11.6 Å². The van der Waals surface area contributed by atoms with Crippen LogP contribution in [0.5, 0.6) is 0 Å². The Hall–Kier alpha value is -1.25. The topological polar surface area (TPSA) is 41.8 Å². The average Bonchev–Trinajstić information content (AvgIpc) is 2.80. The first-order valence-corrected chi connectivity index (χ1v) is 6.05. The molecule has 3 N–H and O–H groups in total. The molecule has 3 heteroatoms. The van der Waals surface area contributed by atoms with Gasteiger partial charge in [-0.3, -0.25) is 0 Å². The van der Waals surface area contributed by atoms with Crippen molar-refractivity contribution in [2.45, 2.75) is 19.3 Å². The Morgan fingerprint density at radius 3 is 2.47 bits per heavy atom. The number of hydrogen-bond donors (Lipinski definition) is 2. The lowest BCUT2D eigenvalue weighted by molar-refractivity contribution is 0.540. The molecule has 0 saturated heterocycles. The third-order valence-electron chi connectivity index (χ3n) is 3.13. The minimum atomic E-state index is 0.00117. The van der Waals surface area contributed by atoms with Gasteiger partial charge in [-0.1, -0.05) is 37.6 Å². The SMILES string of the molecule is CC(C)(CN)c1c[nH]c(-c2ccc(Cl)cc2)c1. The Labute approximate surface area is 107 Å². The molecule has 2 aromatic rings. The Morgan fingerprint density at radius 1 is 1.24 bits per heavy atom. The molecular weight excluding hydrogens is 232 g/mol. The predicted octanol–water partition coefficient (Wildman–Crippen LogP) is 3.57. The normalized spacial score (nSPS) is 11.8. The van der Waals surface area contributed by atoms with E-state index in [1.807, 2.05) is 30.5 Å². The van der Waals surface area contributed by atoms with E-state index in [9.17, 15) is 0 Å². The molecule has 1 aromatic heterocycles. The van der Waals surface area contributed by atoms with Gasteiger partial charge in [-0.15, -0.1) is 0 Å². The van der Waals surface area contributed by atoms with Gasteiger partial charge >= 0.3 is 0 Å². The second-order valence-electron chi connectivity index (χ2n) is 4.90. The van der Waals surface area contributed by atoms with Gasteiger partial charge in [0.25, 0.3) is 0 Å². The molecule has 1 heterocycles. The van der Waals surface area contributed by atoms with Crippen molar-refractivity contribution in [3.63, 3.8) is 0 Å². The molecule has 0 atom stereocenters. The molecule has 0 bridgehead atoms. The van der Waals surface area contributed by atoms with E-state index in [-0.39, 0.29) is 5.41 Å². The summed E-state index contributed by atoms with van der Waals surface area (Å²) in [5.74, 6) is 0. The summed E-state index contributed by atoms with van der Waals surface area (Å²) in [6.45, 7) is 4.91. The monoisotopic (exact) mass is 248 g/mol. The Balaban J connectivity index is 2.33. The maximum absolute atomic E-state index is 5.87. The lowest BCUT2D eigenvalue weighted by atomic mass is 9.86. The van der Waals surface area contributed by atoms with Crippen LogP contribution in [0.25, 0.3) is 11.3 Å². The summed E-state index contributed by atoms with van der Waals surface area (Å²) in [5, 5.41) is 0.753. The van der Waals surface area contributed by atoms with Gasteiger partial charge in [0.15, 0.2) is 0 Å². The van der Waals surface area contributed by atoms with Gasteiger partial charge < -0.3 is 10.7 Å². The highest BCUT2D eigenvalue weighted by Crippen LogP contribution is 2.27. The molecule has 17 heavy (non-hydrogen) atoms. The molecule has 0 unspecified atom stereocenters. The highest BCUT2D eigenvalue weighted by Gasteiger charge is 2.19. The lowest BCUT2D eigenvalue weighted by Gasteiger charge is -2.20. The van der Waals surface area contributed by atoms with Gasteiger partial charge in [-0.05, 0) is 29.3 Å². The van der Waals surface area contributed by atoms with Gasteiger partial charge in [-0.2, -0.15) is 0 Å². The zero-order chi connectivity index (χ0) is 12.5. The highest BCUT2D eigenvalue weighted by molar-refractivity contribution is 6.30. The number of nitrogens with one attached hydrogen (secondary N) is 1. The first kappa shape index (κ1) is 12.2. The molecule has 90 valence electrons. The average molecular weight is 249 g/mol. The third-order valence-corrected chi connectivity index (χ3v) is 3.38. The molecule has 2 nitrogen and oxygen atoms in total. The summed E-state index contributed by atoms with van der Waals surface area (Å²) in [4.78, 5) is 3.28. The van der Waals surface area contributed by atoms with Crippen molar-refractivity contribution in [3.8, 4) is 11.3 Å². The maximum atomic E-state index is 5.87. The van der Waals surface area contributed by atoms with Crippen LogP contribution >= 0.6 is 11.6 Å². The van der Waals surface area contributed by atoms with E-state index in [2.05, 4.69) is 24.9 Å². The van der Waals surface area contributed by atoms with E-state index in [1.165, 1.54) is 5.56 Å². The van der Waals surface area contributed by atoms with Crippen LogP contribution in [0.1, 0.15) is 19.4 Å². The number of hydrogen-bond acceptors (Lipinski definition) is 1. The zero-order valence-electron chi connectivity index (χ0n) is 10.1. The maximum Gasteiger partial charge on any atom is 0.0456 e. The molecule has 0 spiro atoms. The Morgan fingerprint density at radius 2 is 1.88 bits per heavy atom. The van der Waals surface area contributed by atoms with Crippen molar-refractivity contribution in [1.29, 1.82) is 0 Å². The van der Waals surface area contributed by atoms with Crippen LogP contribution in [0, 0.1) is 0 Å². The highest BCUT2D eigenvalue weighted by atomic mass is 35.5. The van der Waals surface area contributed by atoms with Crippen LogP contribution in [-0.2, 0) is 5.41 Å². The van der Waals surface area contributed by atoms with Crippen molar-refractivity contribution in [3.05, 3.63) is 47.1 Å². The Bertz CT molecular complexity index is 497. The molecule has 0 aliphatic heterocycles. The summed E-state index contributed by atoms with van der Waals surface area (Å²) in [6, 6.07) is 9.95. The molecule has 0 saturated carbocycles. The fraction of sp³-hybridized carbons (Fsp3) is 0.286. The van der Waals surface area contributed by atoms with E-state index in [1.54, 1.807) is 0 Å². The molecule has 0 radical (unpaired) electrons. The van der Waals surface area contributed by atoms with Gasteiger partial charge in [0, 0.05) is 28.9 Å². The number of halogens is 1. The summed E-state index contributed by atoms with van der Waals surface area (Å²) in [6.07, 6.45) is 2.02. The van der Waals surface area contributed by atoms with E-state index in [0.717, 1.165) is 16.3 Å². The molecule has 1 aromatic carbocycles. The third kappa shape index (κ3) is 2.54. The van der Waals surface area contributed by atoms with Gasteiger partial charge in [0.1, 0.15) is 0 Å². The first-order valence-electron chi connectivity index (χ1n) is 5.68. The molecule has 0 amide bonds. The van der Waals surface area contributed by atoms with Crippen LogP contribution < -0.4 is 5.73 Å². The predicted molar refractivity (Wildman–Crippen MR) is 73.3 cm³/mol. The minimum Gasteiger partial charge on any atom is -0.361 e. The Kier molecular flexibility index (Phi) is 3.27. The van der Waals surface area contributed by atoms with Crippen molar-refractivity contribution in [2.75, 3.05) is 6.54 Å². The quantitative estimate of drug-likeness (QED) is 0.857. The first-order chi connectivity index (χ1) is 8.03. The fourth-order valence-corrected chi connectivity index (χ4v) is 1.83. The van der Waals surface area contributed by atoms with Crippen LogP contribution in [0.15, 0.2) is 36.5 Å². The summed E-state index contributed by atoms with van der Waals surface area (Å²) >= 11 is 5.87. The number of aromatic amines is 1. The number of aromatic nitrogens is 1. The smallest absolute Gasteiger partial charge is 0.0456 e. The van der Waals surface area contributed by atoms with Crippen molar-refractivity contribution in [2.24, 2.45) is 5.73 Å². The van der Waals surface area contributed by atoms with Gasteiger partial charge in [-0.25, -0.2) is 0 Å². The number of benzene rings is 1. The van der Waals surface area contributed by atoms with Gasteiger partial charge in [0.2, 0.25) is 0 Å². The summed E-state index contributed by atoms with van der Waals surface area (Å²) in [5.41, 5.74) is 9.23. The van der Waals surface area contributed by atoms with Crippen LogP contribution in [-0.4, -0.2) is 11.5 Å². The van der Waals surface area contributed by atoms with Crippen molar-refractivity contribution in [1.82, 2.24) is 4.98 Å². The van der Waals surface area contributed by atoms with Crippen LogP contribution in [0.3, 0.4) is 0 Å². The van der Waals surface area contributed by atoms with E-state index in [4.69, 9.17) is 17.3 Å². The van der Waals surface area contributed by atoms with E-state index < -0.39 is 0 Å². The largest absolute Gasteiger partial charge is 0.361 e. The molecule has 2 rings (SSSR count). The molecule has 0 aliphatic carbocycles. The van der Waals surface area contributed by atoms with Crippen LogP contribution in [0.4, 0.5) is 0 Å². The van der Waals surface area contributed by atoms with E-state index >= 15 is 0 Å². The second kappa shape index (κ2) is 4.55. The van der Waals surface area contributed by atoms with Crippen LogP contribution in [0.2, 0.25) is 5.02 Å².